The van der Waals surface area contributed by atoms with Gasteiger partial charge in [-0.25, -0.2) is 0 Å². The van der Waals surface area contributed by atoms with Crippen LogP contribution < -0.4 is 5.32 Å². The zero-order valence-electron chi connectivity index (χ0n) is 13.4. The molecule has 2 rings (SSSR count). The monoisotopic (exact) mass is 278 g/mol. The highest BCUT2D eigenvalue weighted by molar-refractivity contribution is 5.04. The summed E-state index contributed by atoms with van der Waals surface area (Å²) in [5, 5.41) is 12.6. The number of fused-ring (bicyclic) bond motifs is 1. The van der Waals surface area contributed by atoms with Crippen LogP contribution in [0, 0.1) is 17.2 Å². The van der Waals surface area contributed by atoms with Crippen LogP contribution in [0.15, 0.2) is 0 Å². The number of piperidine rings is 2. The van der Waals surface area contributed by atoms with Crippen LogP contribution in [0.25, 0.3) is 0 Å². The predicted octanol–water partition coefficient (Wildman–Crippen LogP) is 1.68. The SMILES string of the molecule is CCNC(C)(C#N)CCN1CCC2C(CCCN2C)C1. The molecule has 0 aliphatic carbocycles. The van der Waals surface area contributed by atoms with Crippen molar-refractivity contribution >= 4 is 0 Å². The second kappa shape index (κ2) is 6.89. The fraction of sp³-hybridized carbons (Fsp3) is 0.938. The van der Waals surface area contributed by atoms with Gasteiger partial charge in [0.25, 0.3) is 0 Å². The molecule has 0 aromatic heterocycles. The van der Waals surface area contributed by atoms with E-state index in [-0.39, 0.29) is 5.54 Å². The van der Waals surface area contributed by atoms with E-state index >= 15 is 0 Å². The Morgan fingerprint density at radius 3 is 2.85 bits per heavy atom. The molecule has 0 radical (unpaired) electrons. The van der Waals surface area contributed by atoms with Crippen molar-refractivity contribution in [3.63, 3.8) is 0 Å². The summed E-state index contributed by atoms with van der Waals surface area (Å²) in [6, 6.07) is 3.24. The Balaban J connectivity index is 1.82. The van der Waals surface area contributed by atoms with Crippen LogP contribution in [0.2, 0.25) is 0 Å². The first kappa shape index (κ1) is 15.8. The van der Waals surface area contributed by atoms with Gasteiger partial charge in [0.2, 0.25) is 0 Å². The lowest BCUT2D eigenvalue weighted by molar-refractivity contribution is 0.0364. The zero-order chi connectivity index (χ0) is 14.6. The van der Waals surface area contributed by atoms with Crippen LogP contribution in [0.3, 0.4) is 0 Å². The summed E-state index contributed by atoms with van der Waals surface area (Å²) in [4.78, 5) is 5.14. The van der Waals surface area contributed by atoms with Gasteiger partial charge in [-0.1, -0.05) is 6.92 Å². The molecule has 20 heavy (non-hydrogen) atoms. The minimum Gasteiger partial charge on any atom is -0.303 e. The van der Waals surface area contributed by atoms with E-state index < -0.39 is 0 Å². The van der Waals surface area contributed by atoms with Crippen molar-refractivity contribution in [1.29, 1.82) is 5.26 Å². The van der Waals surface area contributed by atoms with Gasteiger partial charge in [0, 0.05) is 19.1 Å². The third kappa shape index (κ3) is 3.72. The molecule has 2 aliphatic heterocycles. The Labute approximate surface area is 124 Å². The number of rotatable bonds is 5. The molecule has 2 fully saturated rings. The smallest absolute Gasteiger partial charge is 0.105 e. The van der Waals surface area contributed by atoms with Crippen LogP contribution in [0.1, 0.15) is 39.5 Å². The lowest BCUT2D eigenvalue weighted by Crippen LogP contribution is -2.53. The van der Waals surface area contributed by atoms with Gasteiger partial charge >= 0.3 is 0 Å². The average molecular weight is 278 g/mol. The van der Waals surface area contributed by atoms with E-state index in [1.807, 2.05) is 6.92 Å². The van der Waals surface area contributed by atoms with Crippen molar-refractivity contribution < 1.29 is 0 Å². The summed E-state index contributed by atoms with van der Waals surface area (Å²) in [7, 11) is 2.28. The number of hydrogen-bond acceptors (Lipinski definition) is 4. The Morgan fingerprint density at radius 1 is 1.35 bits per heavy atom. The summed E-state index contributed by atoms with van der Waals surface area (Å²) in [5.74, 6) is 0.843. The molecule has 2 saturated heterocycles. The number of likely N-dealkylation sites (tertiary alicyclic amines) is 2. The van der Waals surface area contributed by atoms with E-state index in [0.29, 0.717) is 0 Å². The van der Waals surface area contributed by atoms with E-state index in [2.05, 4.69) is 35.2 Å². The summed E-state index contributed by atoms with van der Waals surface area (Å²) in [6.45, 7) is 9.69. The minimum atomic E-state index is -0.366. The van der Waals surface area contributed by atoms with E-state index in [4.69, 9.17) is 0 Å². The molecule has 114 valence electrons. The number of hydrogen-bond donors (Lipinski definition) is 1. The molecule has 0 aromatic rings. The molecule has 3 unspecified atom stereocenters. The largest absolute Gasteiger partial charge is 0.303 e. The summed E-state index contributed by atoms with van der Waals surface area (Å²) in [5.41, 5.74) is -0.366. The van der Waals surface area contributed by atoms with E-state index in [0.717, 1.165) is 31.5 Å². The fourth-order valence-corrected chi connectivity index (χ4v) is 3.89. The van der Waals surface area contributed by atoms with Crippen LogP contribution in [0.5, 0.6) is 0 Å². The molecule has 0 bridgehead atoms. The van der Waals surface area contributed by atoms with Crippen molar-refractivity contribution in [1.82, 2.24) is 15.1 Å². The van der Waals surface area contributed by atoms with Crippen molar-refractivity contribution in [2.45, 2.75) is 51.1 Å². The first-order valence-corrected chi connectivity index (χ1v) is 8.17. The number of nitrogens with one attached hydrogen (secondary N) is 1. The van der Waals surface area contributed by atoms with Crippen LogP contribution in [-0.2, 0) is 0 Å². The maximum atomic E-state index is 9.33. The highest BCUT2D eigenvalue weighted by atomic mass is 15.2. The molecule has 3 atom stereocenters. The van der Waals surface area contributed by atoms with Crippen LogP contribution in [-0.4, -0.2) is 61.2 Å². The molecule has 4 heteroatoms. The molecule has 0 amide bonds. The van der Waals surface area contributed by atoms with E-state index in [1.165, 1.54) is 38.9 Å². The van der Waals surface area contributed by atoms with Crippen molar-refractivity contribution in [2.24, 2.45) is 5.92 Å². The lowest BCUT2D eigenvalue weighted by Gasteiger charge is -2.46. The quantitative estimate of drug-likeness (QED) is 0.831. The standard InChI is InChI=1S/C16H30N4/c1-4-18-16(2,13-17)8-11-20-10-7-15-14(12-20)6-5-9-19(15)3/h14-15,18H,4-12H2,1-3H3. The lowest BCUT2D eigenvalue weighted by atomic mass is 9.84. The van der Waals surface area contributed by atoms with Gasteiger partial charge in [-0.2, -0.15) is 5.26 Å². The summed E-state index contributed by atoms with van der Waals surface area (Å²) < 4.78 is 0. The molecule has 1 N–H and O–H groups in total. The first-order chi connectivity index (χ1) is 9.58. The summed E-state index contributed by atoms with van der Waals surface area (Å²) in [6.07, 6.45) is 4.95. The van der Waals surface area contributed by atoms with Crippen LogP contribution in [0.4, 0.5) is 0 Å². The highest BCUT2D eigenvalue weighted by Crippen LogP contribution is 2.29. The number of nitrogens with zero attached hydrogens (tertiary/aromatic N) is 3. The zero-order valence-corrected chi connectivity index (χ0v) is 13.4. The summed E-state index contributed by atoms with van der Waals surface area (Å²) >= 11 is 0. The predicted molar refractivity (Wildman–Crippen MR) is 82.5 cm³/mol. The minimum absolute atomic E-state index is 0.366. The molecular formula is C16H30N4. The molecule has 0 spiro atoms. The van der Waals surface area contributed by atoms with E-state index in [1.54, 1.807) is 0 Å². The van der Waals surface area contributed by atoms with E-state index in [9.17, 15) is 5.26 Å². The normalized spacial score (nSPS) is 31.3. The Bertz CT molecular complexity index is 351. The molecule has 0 aromatic carbocycles. The molecule has 4 nitrogen and oxygen atoms in total. The second-order valence-corrected chi connectivity index (χ2v) is 6.76. The molecule has 2 heterocycles. The van der Waals surface area contributed by atoms with Gasteiger partial charge in [0.15, 0.2) is 0 Å². The van der Waals surface area contributed by atoms with Gasteiger partial charge in [0.1, 0.15) is 5.54 Å². The van der Waals surface area contributed by atoms with Gasteiger partial charge < -0.3 is 9.80 Å². The first-order valence-electron chi connectivity index (χ1n) is 8.17. The third-order valence-corrected chi connectivity index (χ3v) is 5.17. The van der Waals surface area contributed by atoms with Crippen molar-refractivity contribution in [2.75, 3.05) is 39.8 Å². The Kier molecular flexibility index (Phi) is 5.42. The third-order valence-electron chi connectivity index (χ3n) is 5.17. The average Bonchev–Trinajstić information content (AvgIpc) is 2.46. The van der Waals surface area contributed by atoms with Crippen molar-refractivity contribution in [3.05, 3.63) is 0 Å². The van der Waals surface area contributed by atoms with Crippen molar-refractivity contribution in [3.8, 4) is 6.07 Å². The molecule has 2 aliphatic rings. The molecular weight excluding hydrogens is 248 g/mol. The van der Waals surface area contributed by atoms with Gasteiger partial charge in [-0.05, 0) is 65.2 Å². The van der Waals surface area contributed by atoms with Gasteiger partial charge in [-0.15, -0.1) is 0 Å². The molecule has 0 saturated carbocycles. The van der Waals surface area contributed by atoms with Gasteiger partial charge in [-0.3, -0.25) is 5.32 Å². The maximum Gasteiger partial charge on any atom is 0.105 e. The number of nitriles is 1. The Hall–Kier alpha value is -0.630. The highest BCUT2D eigenvalue weighted by Gasteiger charge is 2.34. The Morgan fingerprint density at radius 2 is 2.15 bits per heavy atom. The van der Waals surface area contributed by atoms with Crippen LogP contribution >= 0.6 is 0 Å². The second-order valence-electron chi connectivity index (χ2n) is 6.76. The topological polar surface area (TPSA) is 42.3 Å². The maximum absolute atomic E-state index is 9.33. The fourth-order valence-electron chi connectivity index (χ4n) is 3.89. The van der Waals surface area contributed by atoms with Gasteiger partial charge in [0.05, 0.1) is 6.07 Å².